The minimum Gasteiger partial charge on any atom is -0.334 e. The van der Waals surface area contributed by atoms with Gasteiger partial charge < -0.3 is 15.5 Å². The van der Waals surface area contributed by atoms with E-state index in [4.69, 9.17) is 0 Å². The molecular formula is C23H24N4O4. The van der Waals surface area contributed by atoms with E-state index in [0.717, 1.165) is 16.7 Å². The fourth-order valence-electron chi connectivity index (χ4n) is 3.97. The quantitative estimate of drug-likeness (QED) is 0.643. The number of nitrogens with one attached hydrogen (secondary N) is 3. The van der Waals surface area contributed by atoms with E-state index in [1.54, 1.807) is 6.07 Å². The van der Waals surface area contributed by atoms with Gasteiger partial charge in [0.2, 0.25) is 11.8 Å². The summed E-state index contributed by atoms with van der Waals surface area (Å²) in [7, 11) is 0. The number of hydrogen-bond acceptors (Lipinski definition) is 4. The van der Waals surface area contributed by atoms with E-state index < -0.39 is 11.9 Å². The van der Waals surface area contributed by atoms with Crippen LogP contribution in [0.25, 0.3) is 0 Å². The van der Waals surface area contributed by atoms with Crippen LogP contribution < -0.4 is 16.0 Å². The summed E-state index contributed by atoms with van der Waals surface area (Å²) in [5.74, 6) is -0.962. The molecule has 1 unspecified atom stereocenters. The van der Waals surface area contributed by atoms with Crippen molar-refractivity contribution in [2.45, 2.75) is 44.9 Å². The first kappa shape index (κ1) is 20.6. The smallest absolute Gasteiger partial charge is 0.315 e. The average molecular weight is 420 g/mol. The van der Waals surface area contributed by atoms with Gasteiger partial charge in [-0.2, -0.15) is 0 Å². The lowest BCUT2D eigenvalue weighted by Gasteiger charge is -2.29. The van der Waals surface area contributed by atoms with Gasteiger partial charge in [-0.15, -0.1) is 0 Å². The topological polar surface area (TPSA) is 108 Å². The molecule has 5 amide bonds. The maximum absolute atomic E-state index is 12.9. The maximum Gasteiger partial charge on any atom is 0.315 e. The molecule has 2 aliphatic heterocycles. The zero-order chi connectivity index (χ0) is 22.0. The lowest BCUT2D eigenvalue weighted by molar-refractivity contribution is -0.136. The van der Waals surface area contributed by atoms with Crippen LogP contribution >= 0.6 is 0 Å². The van der Waals surface area contributed by atoms with Crippen LogP contribution in [0, 0.1) is 0 Å². The molecule has 0 aromatic heterocycles. The number of fused-ring (bicyclic) bond motifs is 1. The maximum atomic E-state index is 12.9. The highest BCUT2D eigenvalue weighted by atomic mass is 16.2. The van der Waals surface area contributed by atoms with E-state index in [9.17, 15) is 19.2 Å². The summed E-state index contributed by atoms with van der Waals surface area (Å²) in [6.07, 6.45) is 0.556. The number of piperidine rings is 1. The molecular weight excluding hydrogens is 396 g/mol. The van der Waals surface area contributed by atoms with E-state index >= 15 is 0 Å². The zero-order valence-electron chi connectivity index (χ0n) is 17.2. The highest BCUT2D eigenvalue weighted by Crippen LogP contribution is 2.28. The Kier molecular flexibility index (Phi) is 5.70. The van der Waals surface area contributed by atoms with Crippen molar-refractivity contribution in [2.75, 3.05) is 0 Å². The SMILES string of the molecule is C[C@@H](NC(=O)NCc1ccc2c(c1)C(=O)N(C1CCC(=O)NC1=O)C2)c1ccccc1. The van der Waals surface area contributed by atoms with Crippen molar-refractivity contribution in [1.29, 1.82) is 0 Å². The van der Waals surface area contributed by atoms with Gasteiger partial charge in [-0.05, 0) is 36.1 Å². The Bertz CT molecular complexity index is 1040. The molecule has 2 aromatic carbocycles. The van der Waals surface area contributed by atoms with Crippen molar-refractivity contribution >= 4 is 23.8 Å². The van der Waals surface area contributed by atoms with Crippen molar-refractivity contribution in [3.63, 3.8) is 0 Å². The van der Waals surface area contributed by atoms with Gasteiger partial charge in [0, 0.05) is 25.1 Å². The Balaban J connectivity index is 1.36. The molecule has 2 atom stereocenters. The molecule has 160 valence electrons. The summed E-state index contributed by atoms with van der Waals surface area (Å²) in [4.78, 5) is 50.2. The summed E-state index contributed by atoms with van der Waals surface area (Å²) in [6, 6.07) is 14.1. The molecule has 2 aliphatic rings. The van der Waals surface area contributed by atoms with E-state index in [1.807, 2.05) is 49.4 Å². The molecule has 8 nitrogen and oxygen atoms in total. The molecule has 1 fully saturated rings. The summed E-state index contributed by atoms with van der Waals surface area (Å²) in [5, 5.41) is 8.00. The molecule has 0 spiro atoms. The average Bonchev–Trinajstić information content (AvgIpc) is 3.08. The predicted octanol–water partition coefficient (Wildman–Crippen LogP) is 2.01. The number of carbonyl (C=O) groups is 4. The highest BCUT2D eigenvalue weighted by molar-refractivity contribution is 6.05. The van der Waals surface area contributed by atoms with Gasteiger partial charge in [-0.3, -0.25) is 19.7 Å². The van der Waals surface area contributed by atoms with E-state index in [2.05, 4.69) is 16.0 Å². The van der Waals surface area contributed by atoms with Crippen molar-refractivity contribution in [2.24, 2.45) is 0 Å². The van der Waals surface area contributed by atoms with Gasteiger partial charge in [0.1, 0.15) is 6.04 Å². The molecule has 31 heavy (non-hydrogen) atoms. The van der Waals surface area contributed by atoms with Gasteiger partial charge in [0.05, 0.1) is 6.04 Å². The molecule has 2 heterocycles. The van der Waals surface area contributed by atoms with Crippen LogP contribution in [0.15, 0.2) is 48.5 Å². The minimum absolute atomic E-state index is 0.134. The largest absolute Gasteiger partial charge is 0.334 e. The monoisotopic (exact) mass is 420 g/mol. The van der Waals surface area contributed by atoms with Crippen molar-refractivity contribution in [1.82, 2.24) is 20.9 Å². The molecule has 0 aliphatic carbocycles. The molecule has 2 aromatic rings. The lowest BCUT2D eigenvalue weighted by atomic mass is 10.0. The Hall–Kier alpha value is -3.68. The molecule has 0 radical (unpaired) electrons. The third-order valence-corrected chi connectivity index (χ3v) is 5.69. The lowest BCUT2D eigenvalue weighted by Crippen LogP contribution is -2.52. The molecule has 3 N–H and O–H groups in total. The molecule has 1 saturated heterocycles. The number of rotatable bonds is 5. The number of imide groups is 1. The summed E-state index contributed by atoms with van der Waals surface area (Å²) < 4.78 is 0. The zero-order valence-corrected chi connectivity index (χ0v) is 17.2. The molecule has 0 saturated carbocycles. The Morgan fingerprint density at radius 1 is 1.16 bits per heavy atom. The number of carbonyl (C=O) groups excluding carboxylic acids is 4. The van der Waals surface area contributed by atoms with Gasteiger partial charge in [0.15, 0.2) is 0 Å². The van der Waals surface area contributed by atoms with Crippen molar-refractivity contribution in [3.05, 3.63) is 70.8 Å². The number of hydrogen-bond donors (Lipinski definition) is 3. The van der Waals surface area contributed by atoms with Gasteiger partial charge in [0.25, 0.3) is 5.91 Å². The van der Waals surface area contributed by atoms with E-state index in [-0.39, 0.29) is 36.9 Å². The number of amides is 5. The Morgan fingerprint density at radius 2 is 1.94 bits per heavy atom. The van der Waals surface area contributed by atoms with E-state index in [0.29, 0.717) is 18.5 Å². The fourth-order valence-corrected chi connectivity index (χ4v) is 3.97. The Labute approximate surface area is 180 Å². The van der Waals surface area contributed by atoms with Crippen molar-refractivity contribution in [3.8, 4) is 0 Å². The first-order valence-electron chi connectivity index (χ1n) is 10.3. The van der Waals surface area contributed by atoms with Gasteiger partial charge in [-0.1, -0.05) is 42.5 Å². The van der Waals surface area contributed by atoms with Crippen LogP contribution in [-0.2, 0) is 22.7 Å². The second-order valence-electron chi connectivity index (χ2n) is 7.85. The van der Waals surface area contributed by atoms with Gasteiger partial charge >= 0.3 is 6.03 Å². The summed E-state index contributed by atoms with van der Waals surface area (Å²) >= 11 is 0. The second-order valence-corrected chi connectivity index (χ2v) is 7.85. The Morgan fingerprint density at radius 3 is 2.68 bits per heavy atom. The van der Waals surface area contributed by atoms with Crippen LogP contribution in [0.4, 0.5) is 4.79 Å². The third kappa shape index (κ3) is 4.42. The molecule has 4 rings (SSSR count). The molecule has 0 bridgehead atoms. The molecule has 8 heteroatoms. The van der Waals surface area contributed by atoms with Crippen LogP contribution in [0.5, 0.6) is 0 Å². The standard InChI is InChI=1S/C23H24N4O4/c1-14(16-5-3-2-4-6-16)25-23(31)24-12-15-7-8-17-13-27(22(30)18(17)11-15)19-9-10-20(28)26-21(19)29/h2-8,11,14,19H,9-10,12-13H2,1H3,(H2,24,25,31)(H,26,28,29)/t14-,19?/m1/s1. The number of nitrogens with zero attached hydrogens (tertiary/aromatic N) is 1. The first-order valence-corrected chi connectivity index (χ1v) is 10.3. The third-order valence-electron chi connectivity index (χ3n) is 5.69. The number of benzene rings is 2. The first-order chi connectivity index (χ1) is 14.9. The van der Waals surface area contributed by atoms with Crippen LogP contribution in [0.2, 0.25) is 0 Å². The number of urea groups is 1. The highest BCUT2D eigenvalue weighted by Gasteiger charge is 2.39. The fraction of sp³-hybridized carbons (Fsp3) is 0.304. The van der Waals surface area contributed by atoms with Crippen LogP contribution in [0.1, 0.15) is 52.9 Å². The van der Waals surface area contributed by atoms with Crippen molar-refractivity contribution < 1.29 is 19.2 Å². The summed E-state index contributed by atoms with van der Waals surface area (Å²) in [5.41, 5.74) is 3.16. The van der Waals surface area contributed by atoms with E-state index in [1.165, 1.54) is 4.90 Å². The van der Waals surface area contributed by atoms with Gasteiger partial charge in [-0.25, -0.2) is 4.79 Å². The predicted molar refractivity (Wildman–Crippen MR) is 113 cm³/mol. The van der Waals surface area contributed by atoms with Crippen LogP contribution in [-0.4, -0.2) is 34.7 Å². The minimum atomic E-state index is -0.635. The van der Waals surface area contributed by atoms with Crippen LogP contribution in [0.3, 0.4) is 0 Å². The summed E-state index contributed by atoms with van der Waals surface area (Å²) in [6.45, 7) is 2.52. The normalized spacial score (nSPS) is 18.9. The second kappa shape index (κ2) is 8.59.